The summed E-state index contributed by atoms with van der Waals surface area (Å²) >= 11 is 6.13. The van der Waals surface area contributed by atoms with Gasteiger partial charge >= 0.3 is 0 Å². The van der Waals surface area contributed by atoms with Crippen LogP contribution < -0.4 is 5.32 Å². The molecule has 1 atom stereocenters. The molecule has 1 aliphatic carbocycles. The minimum absolute atomic E-state index is 0.163. The van der Waals surface area contributed by atoms with Gasteiger partial charge in [0, 0.05) is 35.3 Å². The Hall–Kier alpha value is -1.98. The van der Waals surface area contributed by atoms with E-state index >= 15 is 0 Å². The average Bonchev–Trinajstić information content (AvgIpc) is 2.75. The molecule has 2 aromatic rings. The van der Waals surface area contributed by atoms with Gasteiger partial charge in [-0.3, -0.25) is 14.7 Å². The van der Waals surface area contributed by atoms with Crippen molar-refractivity contribution in [1.82, 2.24) is 20.2 Å². The zero-order valence-electron chi connectivity index (χ0n) is 16.8. The molecule has 0 unspecified atom stereocenters. The minimum atomic E-state index is 0.163. The van der Waals surface area contributed by atoms with Gasteiger partial charge in [0.2, 0.25) is 5.91 Å². The summed E-state index contributed by atoms with van der Waals surface area (Å²) in [5.74, 6) is 0.467. The van der Waals surface area contributed by atoms with Crippen LogP contribution in [-0.4, -0.2) is 46.5 Å². The van der Waals surface area contributed by atoms with E-state index in [0.717, 1.165) is 55.7 Å². The number of halogens is 1. The molecule has 1 saturated heterocycles. The Labute approximate surface area is 177 Å². The predicted octanol–water partition coefficient (Wildman–Crippen LogP) is 4.43. The van der Waals surface area contributed by atoms with E-state index in [1.54, 1.807) is 6.20 Å². The van der Waals surface area contributed by atoms with Crippen molar-refractivity contribution in [1.29, 1.82) is 0 Å². The van der Waals surface area contributed by atoms with Gasteiger partial charge in [0.25, 0.3) is 0 Å². The number of hydrogen-bond acceptors (Lipinski definition) is 4. The smallest absolute Gasteiger partial charge is 0.234 e. The molecule has 154 valence electrons. The normalized spacial score (nSPS) is 21.1. The monoisotopic (exact) mass is 412 g/mol. The van der Waals surface area contributed by atoms with Crippen LogP contribution in [0.15, 0.2) is 36.7 Å². The molecule has 0 bridgehead atoms. The number of piperidine rings is 1. The van der Waals surface area contributed by atoms with Gasteiger partial charge in [-0.25, -0.2) is 4.98 Å². The number of rotatable bonds is 5. The van der Waals surface area contributed by atoms with Gasteiger partial charge in [0.05, 0.1) is 24.1 Å². The lowest BCUT2D eigenvalue weighted by Crippen LogP contribution is -2.45. The summed E-state index contributed by atoms with van der Waals surface area (Å²) in [7, 11) is 0. The molecule has 4 rings (SSSR count). The first kappa shape index (κ1) is 20.3. The van der Waals surface area contributed by atoms with Crippen molar-refractivity contribution in [3.63, 3.8) is 0 Å². The first-order valence-electron chi connectivity index (χ1n) is 10.8. The van der Waals surface area contributed by atoms with Crippen molar-refractivity contribution >= 4 is 17.5 Å². The summed E-state index contributed by atoms with van der Waals surface area (Å²) in [5.41, 5.74) is 2.82. The molecule has 0 radical (unpaired) electrons. The Morgan fingerprint density at radius 2 is 2.00 bits per heavy atom. The molecular weight excluding hydrogens is 384 g/mol. The summed E-state index contributed by atoms with van der Waals surface area (Å²) in [6.07, 6.45) is 11.8. The molecule has 1 aromatic heterocycles. The van der Waals surface area contributed by atoms with Crippen LogP contribution in [0, 0.1) is 0 Å². The van der Waals surface area contributed by atoms with Crippen LogP contribution >= 0.6 is 11.6 Å². The fourth-order valence-electron chi connectivity index (χ4n) is 4.53. The van der Waals surface area contributed by atoms with Gasteiger partial charge < -0.3 is 5.32 Å². The number of amides is 1. The highest BCUT2D eigenvalue weighted by Crippen LogP contribution is 2.27. The van der Waals surface area contributed by atoms with E-state index in [0.29, 0.717) is 23.5 Å². The fourth-order valence-corrected chi connectivity index (χ4v) is 4.72. The molecular formula is C23H29ClN4O. The van der Waals surface area contributed by atoms with Crippen molar-refractivity contribution in [2.45, 2.75) is 56.9 Å². The van der Waals surface area contributed by atoms with Crippen molar-refractivity contribution in [2.75, 3.05) is 19.6 Å². The second kappa shape index (κ2) is 9.68. The van der Waals surface area contributed by atoms with Gasteiger partial charge in [0.15, 0.2) is 0 Å². The molecule has 1 saturated carbocycles. The molecule has 29 heavy (non-hydrogen) atoms. The fraction of sp³-hybridized carbons (Fsp3) is 0.522. The van der Waals surface area contributed by atoms with Gasteiger partial charge in [-0.2, -0.15) is 0 Å². The lowest BCUT2D eigenvalue weighted by atomic mass is 9.94. The number of aromatic nitrogens is 2. The molecule has 1 N–H and O–H groups in total. The quantitative estimate of drug-likeness (QED) is 0.789. The zero-order chi connectivity index (χ0) is 20.1. The summed E-state index contributed by atoms with van der Waals surface area (Å²) in [5, 5.41) is 3.93. The number of carbonyl (C=O) groups excluding carboxylic acids is 1. The molecule has 0 spiro atoms. The maximum absolute atomic E-state index is 12.5. The topological polar surface area (TPSA) is 58.1 Å². The van der Waals surface area contributed by atoms with E-state index in [1.807, 2.05) is 30.5 Å². The molecule has 6 heteroatoms. The zero-order valence-corrected chi connectivity index (χ0v) is 17.6. The van der Waals surface area contributed by atoms with E-state index in [1.165, 1.54) is 19.3 Å². The molecule has 5 nitrogen and oxygen atoms in total. The van der Waals surface area contributed by atoms with E-state index in [-0.39, 0.29) is 5.91 Å². The van der Waals surface area contributed by atoms with Crippen LogP contribution in [0.2, 0.25) is 5.02 Å². The third-order valence-corrected chi connectivity index (χ3v) is 6.27. The maximum Gasteiger partial charge on any atom is 0.234 e. The van der Waals surface area contributed by atoms with Crippen LogP contribution in [0.25, 0.3) is 11.3 Å². The van der Waals surface area contributed by atoms with E-state index in [2.05, 4.69) is 15.2 Å². The number of nitrogens with zero attached hydrogens (tertiary/aromatic N) is 3. The number of carbonyl (C=O) groups is 1. The first-order chi connectivity index (χ1) is 14.2. The van der Waals surface area contributed by atoms with Crippen LogP contribution in [0.3, 0.4) is 0 Å². The van der Waals surface area contributed by atoms with E-state index < -0.39 is 0 Å². The Morgan fingerprint density at radius 3 is 2.83 bits per heavy atom. The largest absolute Gasteiger partial charge is 0.352 e. The maximum atomic E-state index is 12.5. The SMILES string of the molecule is O=C(CN1CCC[C@H](c2cncc(-c3cccc(Cl)c3)n2)C1)NC1CCCCC1. The van der Waals surface area contributed by atoms with Crippen LogP contribution in [0.4, 0.5) is 0 Å². The minimum Gasteiger partial charge on any atom is -0.352 e. The number of hydrogen-bond donors (Lipinski definition) is 1. The summed E-state index contributed by atoms with van der Waals surface area (Å²) < 4.78 is 0. The van der Waals surface area contributed by atoms with Gasteiger partial charge in [0.1, 0.15) is 0 Å². The van der Waals surface area contributed by atoms with Crippen LogP contribution in [-0.2, 0) is 4.79 Å². The molecule has 1 amide bonds. The highest BCUT2D eigenvalue weighted by molar-refractivity contribution is 6.30. The first-order valence-corrected chi connectivity index (χ1v) is 11.1. The standard InChI is InChI=1S/C23H29ClN4O/c24-19-8-4-6-17(12-19)21-13-25-14-22(27-21)18-7-5-11-28(15-18)16-23(29)26-20-9-2-1-3-10-20/h4,6,8,12-14,18,20H,1-3,5,7,9-11,15-16H2,(H,26,29)/t18-/m0/s1. The molecule has 2 fully saturated rings. The van der Waals surface area contributed by atoms with Crippen molar-refractivity contribution in [3.05, 3.63) is 47.4 Å². The molecule has 1 aromatic carbocycles. The second-order valence-corrected chi connectivity index (χ2v) is 8.75. The number of nitrogens with one attached hydrogen (secondary N) is 1. The Bertz CT molecular complexity index is 837. The van der Waals surface area contributed by atoms with Gasteiger partial charge in [-0.15, -0.1) is 0 Å². The Morgan fingerprint density at radius 1 is 1.14 bits per heavy atom. The number of likely N-dealkylation sites (tertiary alicyclic amines) is 1. The Kier molecular flexibility index (Phi) is 6.78. The van der Waals surface area contributed by atoms with Crippen LogP contribution in [0.1, 0.15) is 56.6 Å². The highest BCUT2D eigenvalue weighted by Gasteiger charge is 2.25. The predicted molar refractivity (Wildman–Crippen MR) is 116 cm³/mol. The molecule has 1 aliphatic heterocycles. The average molecular weight is 413 g/mol. The summed E-state index contributed by atoms with van der Waals surface area (Å²) in [6, 6.07) is 8.08. The van der Waals surface area contributed by atoms with Gasteiger partial charge in [-0.1, -0.05) is 43.0 Å². The highest BCUT2D eigenvalue weighted by atomic mass is 35.5. The van der Waals surface area contributed by atoms with E-state index in [9.17, 15) is 4.79 Å². The Balaban J connectivity index is 1.38. The summed E-state index contributed by atoms with van der Waals surface area (Å²) in [4.78, 5) is 24.1. The van der Waals surface area contributed by atoms with Crippen molar-refractivity contribution in [3.8, 4) is 11.3 Å². The molecule has 2 aliphatic rings. The third kappa shape index (κ3) is 5.55. The lowest BCUT2D eigenvalue weighted by molar-refractivity contribution is -0.123. The number of benzene rings is 1. The van der Waals surface area contributed by atoms with Crippen LogP contribution in [0.5, 0.6) is 0 Å². The van der Waals surface area contributed by atoms with Gasteiger partial charge in [-0.05, 0) is 44.4 Å². The third-order valence-electron chi connectivity index (χ3n) is 6.03. The van der Waals surface area contributed by atoms with Crippen molar-refractivity contribution in [2.24, 2.45) is 0 Å². The molecule has 2 heterocycles. The van der Waals surface area contributed by atoms with Crippen molar-refractivity contribution < 1.29 is 4.79 Å². The second-order valence-electron chi connectivity index (χ2n) is 8.32. The lowest BCUT2D eigenvalue weighted by Gasteiger charge is -2.32. The summed E-state index contributed by atoms with van der Waals surface area (Å²) in [6.45, 7) is 2.30. The van der Waals surface area contributed by atoms with E-state index in [4.69, 9.17) is 16.6 Å².